The highest BCUT2D eigenvalue weighted by Gasteiger charge is 2.85. The molecule has 1 spiro atoms. The van der Waals surface area contributed by atoms with Crippen molar-refractivity contribution in [2.75, 3.05) is 0 Å². The molecule has 0 amide bonds. The van der Waals surface area contributed by atoms with Crippen LogP contribution in [0.15, 0.2) is 0 Å². The Morgan fingerprint density at radius 1 is 0.963 bits per heavy atom. The molecule has 4 heteroatoms. The van der Waals surface area contributed by atoms with Gasteiger partial charge in [0.25, 0.3) is 0 Å². The maximum atomic E-state index is 12.3. The highest BCUT2D eigenvalue weighted by molar-refractivity contribution is 5.75. The largest absolute Gasteiger partial charge is 0.481 e. The molecule has 27 heavy (non-hydrogen) atoms. The number of carboxylic acid groups (broad SMARTS) is 1. The van der Waals surface area contributed by atoms with Crippen LogP contribution < -0.4 is 0 Å². The third kappa shape index (κ3) is 1.78. The molecule has 6 rings (SSSR count). The molecule has 0 radical (unpaired) electrons. The summed E-state index contributed by atoms with van der Waals surface area (Å²) in [6.07, 6.45) is 7.01. The molecule has 0 aromatic rings. The van der Waals surface area contributed by atoms with Crippen LogP contribution in [0, 0.1) is 44.8 Å². The maximum Gasteiger partial charge on any atom is 0.309 e. The fraction of sp³-hybridized carbons (Fsp3) is 0.913. The Kier molecular flexibility index (Phi) is 3.16. The molecule has 6 fully saturated rings. The van der Waals surface area contributed by atoms with Gasteiger partial charge in [0.1, 0.15) is 6.10 Å². The third-order valence-electron chi connectivity index (χ3n) is 11.0. The zero-order valence-electron chi connectivity index (χ0n) is 17.4. The average molecular weight is 375 g/mol. The van der Waals surface area contributed by atoms with Gasteiger partial charge in [0.05, 0.1) is 5.41 Å². The van der Waals surface area contributed by atoms with Gasteiger partial charge in [0.15, 0.2) is 0 Å². The van der Waals surface area contributed by atoms with E-state index in [1.54, 1.807) is 0 Å². The fourth-order valence-corrected chi connectivity index (χ4v) is 9.54. The lowest BCUT2D eigenvalue weighted by molar-refractivity contribution is -0.234. The van der Waals surface area contributed by atoms with E-state index < -0.39 is 11.4 Å². The van der Waals surface area contributed by atoms with Crippen molar-refractivity contribution in [2.24, 2.45) is 44.8 Å². The van der Waals surface area contributed by atoms with Crippen LogP contribution in [0.3, 0.4) is 0 Å². The van der Waals surface area contributed by atoms with Crippen LogP contribution in [0.1, 0.15) is 79.6 Å². The first-order valence-electron chi connectivity index (χ1n) is 10.8. The smallest absolute Gasteiger partial charge is 0.309 e. The molecule has 6 aliphatic carbocycles. The number of rotatable bonds is 2. The number of aliphatic carboxylic acids is 1. The summed E-state index contributed by atoms with van der Waals surface area (Å²) in [6, 6.07) is 0. The number of hydrogen-bond acceptors (Lipinski definition) is 3. The summed E-state index contributed by atoms with van der Waals surface area (Å²) in [5, 5.41) is 10.1. The van der Waals surface area contributed by atoms with Crippen LogP contribution in [0.5, 0.6) is 0 Å². The standard InChI is InChI=1S/C23H34O4/c1-13(24)27-17-9-14-19(2,7-6-8-20(14,3)18(25)26)15-10-21(4)16-11-23(15,17)12-22(16,21)5/h14-17H,6-12H2,1-5H3,(H,25,26)/t14-,15-,16-,17-,19+,20-,21+,22-,23+/m0/s1. The van der Waals surface area contributed by atoms with Crippen molar-refractivity contribution in [1.82, 2.24) is 0 Å². The van der Waals surface area contributed by atoms with Crippen molar-refractivity contribution >= 4 is 11.9 Å². The number of fused-ring (bicyclic) bond motifs is 1. The van der Waals surface area contributed by atoms with E-state index in [0.29, 0.717) is 16.7 Å². The summed E-state index contributed by atoms with van der Waals surface area (Å²) in [5.74, 6) is 0.448. The number of ether oxygens (including phenoxy) is 1. The van der Waals surface area contributed by atoms with Crippen molar-refractivity contribution in [3.63, 3.8) is 0 Å². The molecule has 9 atom stereocenters. The summed E-state index contributed by atoms with van der Waals surface area (Å²) in [6.45, 7) is 10.8. The van der Waals surface area contributed by atoms with E-state index in [1.807, 2.05) is 6.92 Å². The molecule has 4 nitrogen and oxygen atoms in total. The van der Waals surface area contributed by atoms with E-state index in [-0.39, 0.29) is 28.8 Å². The van der Waals surface area contributed by atoms with Crippen molar-refractivity contribution in [1.29, 1.82) is 0 Å². The van der Waals surface area contributed by atoms with Gasteiger partial charge in [-0.05, 0) is 79.4 Å². The van der Waals surface area contributed by atoms with E-state index in [0.717, 1.165) is 38.0 Å². The van der Waals surface area contributed by atoms with Gasteiger partial charge in [-0.2, -0.15) is 0 Å². The Morgan fingerprint density at radius 2 is 1.67 bits per heavy atom. The van der Waals surface area contributed by atoms with Gasteiger partial charge in [0, 0.05) is 12.3 Å². The van der Waals surface area contributed by atoms with Crippen molar-refractivity contribution < 1.29 is 19.4 Å². The van der Waals surface area contributed by atoms with Gasteiger partial charge in [-0.3, -0.25) is 9.59 Å². The molecular weight excluding hydrogens is 340 g/mol. The lowest BCUT2D eigenvalue weighted by Gasteiger charge is -2.67. The van der Waals surface area contributed by atoms with Crippen molar-refractivity contribution in [3.8, 4) is 0 Å². The first-order chi connectivity index (χ1) is 12.4. The number of hydrogen-bond donors (Lipinski definition) is 1. The molecule has 0 aromatic heterocycles. The second kappa shape index (κ2) is 4.74. The Morgan fingerprint density at radius 3 is 2.22 bits per heavy atom. The van der Waals surface area contributed by atoms with Crippen LogP contribution in [-0.4, -0.2) is 23.1 Å². The summed E-state index contributed by atoms with van der Waals surface area (Å²) in [7, 11) is 0. The second-order valence-corrected chi connectivity index (χ2v) is 11.7. The first kappa shape index (κ1) is 18.0. The summed E-state index contributed by atoms with van der Waals surface area (Å²) in [5.41, 5.74) is 0.212. The molecule has 0 aromatic carbocycles. The highest BCUT2D eigenvalue weighted by atomic mass is 16.5. The Labute approximate surface area is 162 Å². The normalized spacial score (nSPS) is 60.2. The molecule has 0 unspecified atom stereocenters. The highest BCUT2D eigenvalue weighted by Crippen LogP contribution is 2.91. The quantitative estimate of drug-likeness (QED) is 0.714. The third-order valence-corrected chi connectivity index (χ3v) is 11.0. The Hall–Kier alpha value is -1.06. The Balaban J connectivity index is 1.63. The minimum atomic E-state index is -0.707. The Bertz CT molecular complexity index is 747. The number of carboxylic acids is 1. The molecule has 1 N–H and O–H groups in total. The summed E-state index contributed by atoms with van der Waals surface area (Å²) >= 11 is 0. The van der Waals surface area contributed by atoms with E-state index in [4.69, 9.17) is 4.74 Å². The van der Waals surface area contributed by atoms with Gasteiger partial charge >= 0.3 is 11.9 Å². The number of esters is 1. The monoisotopic (exact) mass is 374 g/mol. The lowest BCUT2D eigenvalue weighted by atomic mass is 9.37. The van der Waals surface area contributed by atoms with Gasteiger partial charge in [-0.25, -0.2) is 0 Å². The average Bonchev–Trinajstić information content (AvgIpc) is 2.87. The van der Waals surface area contributed by atoms with E-state index in [2.05, 4.69) is 20.8 Å². The van der Waals surface area contributed by atoms with Gasteiger partial charge in [-0.15, -0.1) is 0 Å². The molecule has 6 aliphatic rings. The van der Waals surface area contributed by atoms with Crippen LogP contribution in [-0.2, 0) is 14.3 Å². The van der Waals surface area contributed by atoms with Crippen LogP contribution in [0.2, 0.25) is 0 Å². The second-order valence-electron chi connectivity index (χ2n) is 11.7. The molecule has 150 valence electrons. The van der Waals surface area contributed by atoms with Crippen LogP contribution in [0.4, 0.5) is 0 Å². The molecule has 0 heterocycles. The first-order valence-corrected chi connectivity index (χ1v) is 10.8. The van der Waals surface area contributed by atoms with Crippen LogP contribution in [0.25, 0.3) is 0 Å². The molecule has 4 bridgehead atoms. The van der Waals surface area contributed by atoms with Crippen LogP contribution >= 0.6 is 0 Å². The number of carbonyl (C=O) groups is 2. The van der Waals surface area contributed by atoms with E-state index >= 15 is 0 Å². The molecular formula is C23H34O4. The topological polar surface area (TPSA) is 63.6 Å². The van der Waals surface area contributed by atoms with E-state index in [9.17, 15) is 14.7 Å². The summed E-state index contributed by atoms with van der Waals surface area (Å²) in [4.78, 5) is 24.3. The molecule has 6 saturated carbocycles. The van der Waals surface area contributed by atoms with Gasteiger partial charge in [-0.1, -0.05) is 27.2 Å². The van der Waals surface area contributed by atoms with E-state index in [1.165, 1.54) is 19.8 Å². The maximum absolute atomic E-state index is 12.3. The number of carbonyl (C=O) groups excluding carboxylic acids is 1. The van der Waals surface area contributed by atoms with Crippen molar-refractivity contribution in [3.05, 3.63) is 0 Å². The van der Waals surface area contributed by atoms with Gasteiger partial charge < -0.3 is 9.84 Å². The molecule has 0 saturated heterocycles. The zero-order valence-corrected chi connectivity index (χ0v) is 17.4. The predicted octanol–water partition coefficient (Wildman–Crippen LogP) is 4.66. The van der Waals surface area contributed by atoms with Gasteiger partial charge in [0.2, 0.25) is 0 Å². The van der Waals surface area contributed by atoms with Crippen molar-refractivity contribution in [2.45, 2.75) is 85.7 Å². The fourth-order valence-electron chi connectivity index (χ4n) is 9.54. The predicted molar refractivity (Wildman–Crippen MR) is 101 cm³/mol. The lowest BCUT2D eigenvalue weighted by Crippen LogP contribution is -2.65. The molecule has 0 aliphatic heterocycles. The summed E-state index contributed by atoms with van der Waals surface area (Å²) < 4.78 is 6.01. The minimum absolute atomic E-state index is 0.0416. The zero-order chi connectivity index (χ0) is 19.6. The minimum Gasteiger partial charge on any atom is -0.481 e. The SMILES string of the molecule is CC(=O)O[C@H]1C[C@H]2[C@@](C)(CCC[C@]2(C)C(=O)O)[C@@H]2C[C@]3(C)[C@@H]4C[C@]12C[C@@]43C.